The summed E-state index contributed by atoms with van der Waals surface area (Å²) in [6.07, 6.45) is 1.70. The van der Waals surface area contributed by atoms with Crippen molar-refractivity contribution in [2.24, 2.45) is 5.16 Å². The molecule has 0 aromatic carbocycles. The molecule has 54 valence electrons. The van der Waals surface area contributed by atoms with Crippen molar-refractivity contribution in [2.75, 3.05) is 0 Å². The summed E-state index contributed by atoms with van der Waals surface area (Å²) >= 11 is 1.52. The first kappa shape index (κ1) is 7.21. The average Bonchev–Trinajstić information content (AvgIpc) is 2.34. The van der Waals surface area contributed by atoms with Gasteiger partial charge in [-0.15, -0.1) is 11.3 Å². The number of hydrogen-bond donors (Lipinski definition) is 1. The Hall–Kier alpha value is -0.900. The van der Waals surface area contributed by atoms with Gasteiger partial charge in [-0.05, 0) is 13.8 Å². The molecule has 0 amide bonds. The minimum atomic E-state index is 0.616. The lowest BCUT2D eigenvalue weighted by Gasteiger charge is -1.86. The average molecular weight is 156 g/mol. The van der Waals surface area contributed by atoms with E-state index in [-0.39, 0.29) is 0 Å². The zero-order valence-electron chi connectivity index (χ0n) is 5.83. The SMILES string of the molecule is C/C(=N/O)c1cnc(C)s1. The topological polar surface area (TPSA) is 45.5 Å². The largest absolute Gasteiger partial charge is 0.411 e. The Morgan fingerprint density at radius 2 is 2.50 bits per heavy atom. The molecule has 0 aliphatic heterocycles. The molecule has 0 fully saturated rings. The van der Waals surface area contributed by atoms with Gasteiger partial charge >= 0.3 is 0 Å². The molecule has 0 aliphatic carbocycles. The van der Waals surface area contributed by atoms with Crippen LogP contribution in [0, 0.1) is 6.92 Å². The number of aryl methyl sites for hydroxylation is 1. The Kier molecular flexibility index (Phi) is 2.01. The molecule has 0 atom stereocenters. The Bertz CT molecular complexity index is 254. The second kappa shape index (κ2) is 2.79. The van der Waals surface area contributed by atoms with Gasteiger partial charge in [0.15, 0.2) is 0 Å². The van der Waals surface area contributed by atoms with Crippen molar-refractivity contribution in [3.63, 3.8) is 0 Å². The maximum absolute atomic E-state index is 8.36. The highest BCUT2D eigenvalue weighted by Crippen LogP contribution is 2.11. The van der Waals surface area contributed by atoms with Crippen LogP contribution in [0.1, 0.15) is 16.8 Å². The van der Waals surface area contributed by atoms with Crippen molar-refractivity contribution in [2.45, 2.75) is 13.8 Å². The summed E-state index contributed by atoms with van der Waals surface area (Å²) in [6, 6.07) is 0. The first-order valence-corrected chi connectivity index (χ1v) is 3.67. The first-order valence-electron chi connectivity index (χ1n) is 2.85. The van der Waals surface area contributed by atoms with E-state index in [0.29, 0.717) is 5.71 Å². The molecule has 0 saturated heterocycles. The Balaban J connectivity index is 2.95. The minimum Gasteiger partial charge on any atom is -0.411 e. The lowest BCUT2D eigenvalue weighted by atomic mass is 10.4. The molecule has 0 radical (unpaired) electrons. The predicted molar refractivity (Wildman–Crippen MR) is 40.8 cm³/mol. The summed E-state index contributed by atoms with van der Waals surface area (Å²) in [5.41, 5.74) is 0.616. The van der Waals surface area contributed by atoms with E-state index in [0.717, 1.165) is 9.88 Å². The third kappa shape index (κ3) is 1.33. The van der Waals surface area contributed by atoms with Gasteiger partial charge in [0.2, 0.25) is 0 Å². The third-order valence-electron chi connectivity index (χ3n) is 1.13. The van der Waals surface area contributed by atoms with Gasteiger partial charge in [-0.2, -0.15) is 0 Å². The van der Waals surface area contributed by atoms with E-state index < -0.39 is 0 Å². The number of oxime groups is 1. The van der Waals surface area contributed by atoms with Gasteiger partial charge < -0.3 is 5.21 Å². The maximum Gasteiger partial charge on any atom is 0.0952 e. The number of rotatable bonds is 1. The smallest absolute Gasteiger partial charge is 0.0952 e. The van der Waals surface area contributed by atoms with Gasteiger partial charge in [-0.1, -0.05) is 5.16 Å². The summed E-state index contributed by atoms with van der Waals surface area (Å²) in [4.78, 5) is 4.93. The molecule has 1 N–H and O–H groups in total. The summed E-state index contributed by atoms with van der Waals surface area (Å²) < 4.78 is 0. The van der Waals surface area contributed by atoms with Crippen molar-refractivity contribution in [3.05, 3.63) is 16.1 Å². The number of hydrogen-bond acceptors (Lipinski definition) is 4. The van der Waals surface area contributed by atoms with E-state index in [1.54, 1.807) is 13.1 Å². The van der Waals surface area contributed by atoms with Crippen LogP contribution in [0.15, 0.2) is 11.4 Å². The summed E-state index contributed by atoms with van der Waals surface area (Å²) in [5.74, 6) is 0. The summed E-state index contributed by atoms with van der Waals surface area (Å²) in [6.45, 7) is 3.66. The Morgan fingerprint density at radius 1 is 1.80 bits per heavy atom. The fourth-order valence-corrected chi connectivity index (χ4v) is 1.30. The molecule has 0 spiro atoms. The molecule has 1 rings (SSSR count). The van der Waals surface area contributed by atoms with E-state index in [1.165, 1.54) is 11.3 Å². The predicted octanol–water partition coefficient (Wildman–Crippen LogP) is 1.65. The third-order valence-corrected chi connectivity index (χ3v) is 2.15. The fraction of sp³-hybridized carbons (Fsp3) is 0.333. The first-order chi connectivity index (χ1) is 4.74. The van der Waals surface area contributed by atoms with E-state index >= 15 is 0 Å². The standard InChI is InChI=1S/C6H8N2OS/c1-4(8-9)6-3-7-5(2)10-6/h3,9H,1-2H3/b8-4-. The van der Waals surface area contributed by atoms with Gasteiger partial charge in [0, 0.05) is 6.20 Å². The highest BCUT2D eigenvalue weighted by Gasteiger charge is 2.00. The molecule has 4 heteroatoms. The highest BCUT2D eigenvalue weighted by atomic mass is 32.1. The quantitative estimate of drug-likeness (QED) is 0.381. The zero-order chi connectivity index (χ0) is 7.56. The van der Waals surface area contributed by atoms with Crippen LogP contribution in [-0.2, 0) is 0 Å². The lowest BCUT2D eigenvalue weighted by Crippen LogP contribution is -1.88. The van der Waals surface area contributed by atoms with E-state index in [4.69, 9.17) is 5.21 Å². The van der Waals surface area contributed by atoms with E-state index in [2.05, 4.69) is 10.1 Å². The number of nitrogens with zero attached hydrogens (tertiary/aromatic N) is 2. The van der Waals surface area contributed by atoms with Gasteiger partial charge in [-0.3, -0.25) is 0 Å². The molecule has 0 aliphatic rings. The van der Waals surface area contributed by atoms with Gasteiger partial charge in [0.05, 0.1) is 15.6 Å². The normalized spacial score (nSPS) is 12.0. The molecule has 0 bridgehead atoms. The molecular formula is C6H8N2OS. The molecule has 1 aromatic rings. The van der Waals surface area contributed by atoms with Crippen LogP contribution in [0.3, 0.4) is 0 Å². The van der Waals surface area contributed by atoms with Gasteiger partial charge in [0.1, 0.15) is 0 Å². The van der Waals surface area contributed by atoms with Crippen LogP contribution in [0.2, 0.25) is 0 Å². The van der Waals surface area contributed by atoms with E-state index in [9.17, 15) is 0 Å². The van der Waals surface area contributed by atoms with Gasteiger partial charge in [0.25, 0.3) is 0 Å². The van der Waals surface area contributed by atoms with Crippen LogP contribution in [0.5, 0.6) is 0 Å². The second-order valence-electron chi connectivity index (χ2n) is 1.93. The van der Waals surface area contributed by atoms with Crippen molar-refractivity contribution in [1.29, 1.82) is 0 Å². The summed E-state index contributed by atoms with van der Waals surface area (Å²) in [5, 5.41) is 12.4. The molecule has 0 unspecified atom stereocenters. The lowest BCUT2D eigenvalue weighted by molar-refractivity contribution is 0.319. The van der Waals surface area contributed by atoms with Gasteiger partial charge in [-0.25, -0.2) is 4.98 Å². The number of thiazole rings is 1. The van der Waals surface area contributed by atoms with Crippen molar-refractivity contribution in [1.82, 2.24) is 4.98 Å². The monoisotopic (exact) mass is 156 g/mol. The van der Waals surface area contributed by atoms with Crippen LogP contribution < -0.4 is 0 Å². The Morgan fingerprint density at radius 3 is 2.90 bits per heavy atom. The van der Waals surface area contributed by atoms with Crippen LogP contribution >= 0.6 is 11.3 Å². The van der Waals surface area contributed by atoms with E-state index in [1.807, 2.05) is 6.92 Å². The van der Waals surface area contributed by atoms with Crippen LogP contribution in [-0.4, -0.2) is 15.9 Å². The van der Waals surface area contributed by atoms with Crippen LogP contribution in [0.25, 0.3) is 0 Å². The van der Waals surface area contributed by atoms with Crippen molar-refractivity contribution < 1.29 is 5.21 Å². The molecule has 1 aromatic heterocycles. The van der Waals surface area contributed by atoms with Crippen molar-refractivity contribution in [3.8, 4) is 0 Å². The fourth-order valence-electron chi connectivity index (χ4n) is 0.578. The molecular weight excluding hydrogens is 148 g/mol. The number of aromatic nitrogens is 1. The molecule has 3 nitrogen and oxygen atoms in total. The molecule has 0 saturated carbocycles. The Labute approximate surface area is 63.0 Å². The summed E-state index contributed by atoms with van der Waals surface area (Å²) in [7, 11) is 0. The highest BCUT2D eigenvalue weighted by molar-refractivity contribution is 7.13. The van der Waals surface area contributed by atoms with Crippen LogP contribution in [0.4, 0.5) is 0 Å². The maximum atomic E-state index is 8.36. The minimum absolute atomic E-state index is 0.616. The zero-order valence-corrected chi connectivity index (χ0v) is 6.64. The molecule has 10 heavy (non-hydrogen) atoms. The van der Waals surface area contributed by atoms with Crippen molar-refractivity contribution >= 4 is 17.0 Å². The molecule has 1 heterocycles. The second-order valence-corrected chi connectivity index (χ2v) is 3.16.